The van der Waals surface area contributed by atoms with Gasteiger partial charge in [-0.25, -0.2) is 4.39 Å². The number of rotatable bonds is 6. The third-order valence-electron chi connectivity index (χ3n) is 3.58. The molecule has 18 heavy (non-hydrogen) atoms. The van der Waals surface area contributed by atoms with Gasteiger partial charge in [-0.05, 0) is 37.4 Å². The first-order chi connectivity index (χ1) is 8.72. The highest BCUT2D eigenvalue weighted by atomic mass is 79.9. The van der Waals surface area contributed by atoms with Gasteiger partial charge >= 0.3 is 0 Å². The SMILES string of the molecule is Fc1cccc(CN(CCCBr)C2CCC2)c1Cl. The van der Waals surface area contributed by atoms with E-state index < -0.39 is 0 Å². The largest absolute Gasteiger partial charge is 0.296 e. The van der Waals surface area contributed by atoms with Crippen LogP contribution in [0, 0.1) is 5.82 Å². The van der Waals surface area contributed by atoms with Gasteiger partial charge in [0.25, 0.3) is 0 Å². The van der Waals surface area contributed by atoms with Crippen LogP contribution in [0.4, 0.5) is 4.39 Å². The lowest BCUT2D eigenvalue weighted by molar-refractivity contribution is 0.120. The summed E-state index contributed by atoms with van der Waals surface area (Å²) in [6, 6.07) is 5.73. The molecule has 1 saturated carbocycles. The van der Waals surface area contributed by atoms with Crippen LogP contribution in [0.5, 0.6) is 0 Å². The fourth-order valence-electron chi connectivity index (χ4n) is 2.29. The van der Waals surface area contributed by atoms with E-state index in [2.05, 4.69) is 20.8 Å². The summed E-state index contributed by atoms with van der Waals surface area (Å²) < 4.78 is 13.4. The molecule has 100 valence electrons. The van der Waals surface area contributed by atoms with Crippen LogP contribution in [0.1, 0.15) is 31.2 Å². The van der Waals surface area contributed by atoms with E-state index >= 15 is 0 Å². The standard InChI is InChI=1S/C14H18BrClFN/c15-8-3-9-18(12-5-2-6-12)10-11-4-1-7-13(17)14(11)16/h1,4,7,12H,2-3,5-6,8-10H2. The molecule has 0 spiro atoms. The van der Waals surface area contributed by atoms with Crippen LogP contribution in [-0.2, 0) is 6.54 Å². The summed E-state index contributed by atoms with van der Waals surface area (Å²) in [5, 5.41) is 1.29. The summed E-state index contributed by atoms with van der Waals surface area (Å²) in [4.78, 5) is 2.44. The first-order valence-electron chi connectivity index (χ1n) is 6.45. The maximum atomic E-state index is 13.4. The molecule has 0 unspecified atom stereocenters. The Morgan fingerprint density at radius 1 is 1.39 bits per heavy atom. The number of hydrogen-bond acceptors (Lipinski definition) is 1. The van der Waals surface area contributed by atoms with E-state index in [1.165, 1.54) is 25.3 Å². The van der Waals surface area contributed by atoms with Crippen molar-refractivity contribution >= 4 is 27.5 Å². The number of nitrogens with zero attached hydrogens (tertiary/aromatic N) is 1. The van der Waals surface area contributed by atoms with Gasteiger partial charge < -0.3 is 0 Å². The van der Waals surface area contributed by atoms with Crippen LogP contribution in [0.25, 0.3) is 0 Å². The van der Waals surface area contributed by atoms with Crippen LogP contribution >= 0.6 is 27.5 Å². The van der Waals surface area contributed by atoms with Crippen LogP contribution < -0.4 is 0 Å². The molecule has 0 heterocycles. The van der Waals surface area contributed by atoms with Gasteiger partial charge in [-0.2, -0.15) is 0 Å². The second-order valence-electron chi connectivity index (χ2n) is 4.81. The van der Waals surface area contributed by atoms with E-state index in [-0.39, 0.29) is 10.8 Å². The predicted molar refractivity (Wildman–Crippen MR) is 77.9 cm³/mol. The smallest absolute Gasteiger partial charge is 0.142 e. The zero-order valence-corrected chi connectivity index (χ0v) is 12.7. The lowest BCUT2D eigenvalue weighted by atomic mass is 9.91. The average molecular weight is 335 g/mol. The normalized spacial score (nSPS) is 16.0. The molecule has 1 aliphatic rings. The second-order valence-corrected chi connectivity index (χ2v) is 5.98. The van der Waals surface area contributed by atoms with E-state index in [9.17, 15) is 4.39 Å². The molecule has 0 N–H and O–H groups in total. The van der Waals surface area contributed by atoms with Gasteiger partial charge in [0.15, 0.2) is 0 Å². The molecule has 0 saturated heterocycles. The van der Waals surface area contributed by atoms with Crippen molar-refractivity contribution in [3.05, 3.63) is 34.6 Å². The molecule has 0 radical (unpaired) electrons. The Labute approximate surface area is 121 Å². The zero-order chi connectivity index (χ0) is 13.0. The van der Waals surface area contributed by atoms with E-state index in [0.717, 1.165) is 30.4 Å². The Kier molecular flexibility index (Phi) is 5.46. The van der Waals surface area contributed by atoms with Crippen molar-refractivity contribution in [2.75, 3.05) is 11.9 Å². The Bertz CT molecular complexity index is 395. The molecule has 0 bridgehead atoms. The quantitative estimate of drug-likeness (QED) is 0.686. The van der Waals surface area contributed by atoms with E-state index in [4.69, 9.17) is 11.6 Å². The minimum Gasteiger partial charge on any atom is -0.296 e. The topological polar surface area (TPSA) is 3.24 Å². The molecule has 0 atom stereocenters. The molecule has 1 aromatic carbocycles. The second kappa shape index (κ2) is 6.88. The van der Waals surface area contributed by atoms with E-state index in [1.54, 1.807) is 6.07 Å². The van der Waals surface area contributed by atoms with Crippen LogP contribution in [0.15, 0.2) is 18.2 Å². The van der Waals surface area contributed by atoms with Gasteiger partial charge in [-0.1, -0.05) is 46.1 Å². The first kappa shape index (κ1) is 14.3. The maximum Gasteiger partial charge on any atom is 0.142 e. The Morgan fingerprint density at radius 3 is 2.78 bits per heavy atom. The van der Waals surface area contributed by atoms with Crippen LogP contribution in [0.3, 0.4) is 0 Å². The molecule has 1 aliphatic carbocycles. The molecule has 0 aliphatic heterocycles. The fourth-order valence-corrected chi connectivity index (χ4v) is 2.73. The molecule has 1 aromatic rings. The molecular weight excluding hydrogens is 317 g/mol. The lowest BCUT2D eigenvalue weighted by Gasteiger charge is -2.37. The van der Waals surface area contributed by atoms with Crippen molar-refractivity contribution in [2.45, 2.75) is 38.3 Å². The summed E-state index contributed by atoms with van der Waals surface area (Å²) in [6.45, 7) is 1.80. The molecule has 1 nitrogen and oxygen atoms in total. The van der Waals surface area contributed by atoms with Crippen molar-refractivity contribution < 1.29 is 4.39 Å². The van der Waals surface area contributed by atoms with Crippen molar-refractivity contribution in [3.8, 4) is 0 Å². The highest BCUT2D eigenvalue weighted by molar-refractivity contribution is 9.09. The monoisotopic (exact) mass is 333 g/mol. The molecular formula is C14H18BrClFN. The Hall–Kier alpha value is -0.120. The van der Waals surface area contributed by atoms with Crippen molar-refractivity contribution in [1.29, 1.82) is 0 Å². The van der Waals surface area contributed by atoms with Gasteiger partial charge in [0, 0.05) is 17.9 Å². The highest BCUT2D eigenvalue weighted by Gasteiger charge is 2.25. The Balaban J connectivity index is 2.04. The molecule has 0 aromatic heterocycles. The average Bonchev–Trinajstić information content (AvgIpc) is 2.29. The van der Waals surface area contributed by atoms with E-state index in [1.807, 2.05) is 6.07 Å². The Morgan fingerprint density at radius 2 is 2.17 bits per heavy atom. The predicted octanol–water partition coefficient (Wildman–Crippen LogP) is 4.62. The van der Waals surface area contributed by atoms with Gasteiger partial charge in [0.1, 0.15) is 5.82 Å². The summed E-state index contributed by atoms with van der Waals surface area (Å²) >= 11 is 9.49. The third kappa shape index (κ3) is 3.46. The molecule has 2 rings (SSSR count). The molecule has 1 fully saturated rings. The summed E-state index contributed by atoms with van der Waals surface area (Å²) in [5.74, 6) is -0.316. The molecule has 4 heteroatoms. The third-order valence-corrected chi connectivity index (χ3v) is 4.56. The number of benzene rings is 1. The summed E-state index contributed by atoms with van der Waals surface area (Å²) in [5.41, 5.74) is 0.901. The van der Waals surface area contributed by atoms with Crippen molar-refractivity contribution in [2.24, 2.45) is 0 Å². The van der Waals surface area contributed by atoms with Crippen LogP contribution in [-0.4, -0.2) is 22.8 Å². The van der Waals surface area contributed by atoms with Gasteiger partial charge in [0.05, 0.1) is 5.02 Å². The minimum absolute atomic E-state index is 0.278. The van der Waals surface area contributed by atoms with Crippen LogP contribution in [0.2, 0.25) is 5.02 Å². The number of alkyl halides is 1. The van der Waals surface area contributed by atoms with Gasteiger partial charge in [-0.15, -0.1) is 0 Å². The maximum absolute atomic E-state index is 13.4. The minimum atomic E-state index is -0.316. The van der Waals surface area contributed by atoms with Crippen molar-refractivity contribution in [1.82, 2.24) is 4.90 Å². The van der Waals surface area contributed by atoms with E-state index in [0.29, 0.717) is 6.04 Å². The van der Waals surface area contributed by atoms with Gasteiger partial charge in [0.2, 0.25) is 0 Å². The highest BCUT2D eigenvalue weighted by Crippen LogP contribution is 2.28. The number of halogens is 3. The lowest BCUT2D eigenvalue weighted by Crippen LogP contribution is -2.40. The first-order valence-corrected chi connectivity index (χ1v) is 7.95. The summed E-state index contributed by atoms with van der Waals surface area (Å²) in [7, 11) is 0. The van der Waals surface area contributed by atoms with Gasteiger partial charge in [-0.3, -0.25) is 4.90 Å². The molecule has 0 amide bonds. The fraction of sp³-hybridized carbons (Fsp3) is 0.571. The number of hydrogen-bond donors (Lipinski definition) is 0. The summed E-state index contributed by atoms with van der Waals surface area (Å²) in [6.07, 6.45) is 4.94. The van der Waals surface area contributed by atoms with Crippen molar-refractivity contribution in [3.63, 3.8) is 0 Å². The zero-order valence-electron chi connectivity index (χ0n) is 10.3.